The van der Waals surface area contributed by atoms with E-state index >= 15 is 0 Å². The monoisotopic (exact) mass is 227 g/mol. The first-order chi connectivity index (χ1) is 8.31. The minimum absolute atomic E-state index is 0.112. The summed E-state index contributed by atoms with van der Waals surface area (Å²) in [6.45, 7) is 1.94. The average Bonchev–Trinajstić information content (AvgIpc) is 2.40. The number of nitrogens with zero attached hydrogens (tertiary/aromatic N) is 1. The molecule has 0 aliphatic rings. The summed E-state index contributed by atoms with van der Waals surface area (Å²) in [5.74, 6) is 0.513. The molecule has 0 spiro atoms. The molecule has 0 radical (unpaired) electrons. The van der Waals surface area contributed by atoms with Crippen LogP contribution in [0.5, 0.6) is 5.75 Å². The van der Waals surface area contributed by atoms with Crippen molar-refractivity contribution in [3.05, 3.63) is 59.9 Å². The topological polar surface area (TPSA) is 39.2 Å². The van der Waals surface area contributed by atoms with Crippen LogP contribution < -0.4 is 4.74 Å². The maximum Gasteiger partial charge on any atom is 0.172 e. The van der Waals surface area contributed by atoms with Gasteiger partial charge in [0.25, 0.3) is 0 Å². The van der Waals surface area contributed by atoms with Crippen LogP contribution in [0.2, 0.25) is 0 Å². The van der Waals surface area contributed by atoms with Crippen LogP contribution in [0.15, 0.2) is 48.7 Å². The number of aromatic nitrogens is 1. The van der Waals surface area contributed by atoms with E-state index in [-0.39, 0.29) is 6.10 Å². The third-order valence-electron chi connectivity index (χ3n) is 2.48. The van der Waals surface area contributed by atoms with Crippen molar-refractivity contribution < 1.29 is 9.53 Å². The predicted octanol–water partition coefficient (Wildman–Crippen LogP) is 3.03. The molecule has 0 saturated carbocycles. The van der Waals surface area contributed by atoms with E-state index in [9.17, 15) is 4.79 Å². The minimum atomic E-state index is -0.112. The Labute approximate surface area is 100 Å². The first kappa shape index (κ1) is 11.3. The molecule has 3 heteroatoms. The van der Waals surface area contributed by atoms with Gasteiger partial charge in [-0.1, -0.05) is 30.3 Å². The van der Waals surface area contributed by atoms with Crippen molar-refractivity contribution in [3.8, 4) is 5.75 Å². The summed E-state index contributed by atoms with van der Waals surface area (Å²) in [6, 6.07) is 13.3. The molecule has 0 unspecified atom stereocenters. The van der Waals surface area contributed by atoms with Gasteiger partial charge in [0.05, 0.1) is 0 Å². The summed E-state index contributed by atoms with van der Waals surface area (Å²) in [7, 11) is 0. The molecule has 1 heterocycles. The van der Waals surface area contributed by atoms with Crippen molar-refractivity contribution in [1.29, 1.82) is 0 Å². The van der Waals surface area contributed by atoms with Crippen molar-refractivity contribution in [3.63, 3.8) is 0 Å². The van der Waals surface area contributed by atoms with Crippen LogP contribution in [-0.2, 0) is 0 Å². The number of ether oxygens (including phenoxy) is 1. The lowest BCUT2D eigenvalue weighted by Gasteiger charge is -2.15. The SMILES string of the molecule is C[C@H](Oc1cccnc1C=O)c1ccccc1. The van der Waals surface area contributed by atoms with Gasteiger partial charge in [0, 0.05) is 6.20 Å². The summed E-state index contributed by atoms with van der Waals surface area (Å²) in [4.78, 5) is 14.8. The zero-order chi connectivity index (χ0) is 12.1. The number of pyridine rings is 1. The number of benzene rings is 1. The molecule has 17 heavy (non-hydrogen) atoms. The maximum atomic E-state index is 10.8. The highest BCUT2D eigenvalue weighted by Gasteiger charge is 2.09. The smallest absolute Gasteiger partial charge is 0.172 e. The van der Waals surface area contributed by atoms with Gasteiger partial charge in [0.15, 0.2) is 6.29 Å². The van der Waals surface area contributed by atoms with Crippen molar-refractivity contribution in [2.24, 2.45) is 0 Å². The molecular formula is C14H13NO2. The Balaban J connectivity index is 2.18. The van der Waals surface area contributed by atoms with E-state index in [4.69, 9.17) is 4.74 Å². The van der Waals surface area contributed by atoms with Crippen molar-refractivity contribution in [1.82, 2.24) is 4.98 Å². The molecule has 2 rings (SSSR count). The molecule has 0 aliphatic heterocycles. The molecule has 1 aromatic heterocycles. The van der Waals surface area contributed by atoms with E-state index in [0.717, 1.165) is 5.56 Å². The van der Waals surface area contributed by atoms with E-state index in [1.807, 2.05) is 37.3 Å². The number of carbonyl (C=O) groups is 1. The summed E-state index contributed by atoms with van der Waals surface area (Å²) in [5, 5.41) is 0. The Morgan fingerprint density at radius 2 is 1.94 bits per heavy atom. The molecule has 1 atom stereocenters. The van der Waals surface area contributed by atoms with E-state index in [1.54, 1.807) is 18.3 Å². The fraction of sp³-hybridized carbons (Fsp3) is 0.143. The molecular weight excluding hydrogens is 214 g/mol. The predicted molar refractivity (Wildman–Crippen MR) is 65.1 cm³/mol. The molecule has 3 nitrogen and oxygen atoms in total. The van der Waals surface area contributed by atoms with Gasteiger partial charge in [-0.15, -0.1) is 0 Å². The van der Waals surface area contributed by atoms with Crippen LogP contribution in [0.25, 0.3) is 0 Å². The summed E-state index contributed by atoms with van der Waals surface area (Å²) >= 11 is 0. The van der Waals surface area contributed by atoms with Gasteiger partial charge in [-0.3, -0.25) is 4.79 Å². The van der Waals surface area contributed by atoms with Gasteiger partial charge in [-0.25, -0.2) is 4.98 Å². The Morgan fingerprint density at radius 3 is 2.65 bits per heavy atom. The number of carbonyl (C=O) groups excluding carboxylic acids is 1. The van der Waals surface area contributed by atoms with E-state index in [0.29, 0.717) is 17.7 Å². The zero-order valence-electron chi connectivity index (χ0n) is 9.54. The van der Waals surface area contributed by atoms with Crippen LogP contribution in [0.3, 0.4) is 0 Å². The van der Waals surface area contributed by atoms with Crippen molar-refractivity contribution >= 4 is 6.29 Å². The summed E-state index contributed by atoms with van der Waals surface area (Å²) < 4.78 is 5.73. The highest BCUT2D eigenvalue weighted by atomic mass is 16.5. The molecule has 1 aromatic carbocycles. The van der Waals surface area contributed by atoms with Crippen LogP contribution in [-0.4, -0.2) is 11.3 Å². The second-order valence-electron chi connectivity index (χ2n) is 3.68. The average molecular weight is 227 g/mol. The van der Waals surface area contributed by atoms with Crippen molar-refractivity contribution in [2.45, 2.75) is 13.0 Å². The Morgan fingerprint density at radius 1 is 1.18 bits per heavy atom. The third-order valence-corrected chi connectivity index (χ3v) is 2.48. The van der Waals surface area contributed by atoms with E-state index < -0.39 is 0 Å². The maximum absolute atomic E-state index is 10.8. The highest BCUT2D eigenvalue weighted by molar-refractivity contribution is 5.76. The van der Waals surface area contributed by atoms with Crippen LogP contribution in [0.4, 0.5) is 0 Å². The summed E-state index contributed by atoms with van der Waals surface area (Å²) in [5.41, 5.74) is 1.39. The fourth-order valence-electron chi connectivity index (χ4n) is 1.57. The number of aldehydes is 1. The number of rotatable bonds is 4. The second kappa shape index (κ2) is 5.25. The molecule has 0 amide bonds. The lowest BCUT2D eigenvalue weighted by Crippen LogP contribution is -2.05. The molecule has 2 aromatic rings. The van der Waals surface area contributed by atoms with Gasteiger partial charge in [0.2, 0.25) is 0 Å². The lowest BCUT2D eigenvalue weighted by atomic mass is 10.1. The number of hydrogen-bond acceptors (Lipinski definition) is 3. The quantitative estimate of drug-likeness (QED) is 0.753. The zero-order valence-corrected chi connectivity index (χ0v) is 9.54. The highest BCUT2D eigenvalue weighted by Crippen LogP contribution is 2.22. The summed E-state index contributed by atoms with van der Waals surface area (Å²) in [6.07, 6.45) is 2.16. The molecule has 0 N–H and O–H groups in total. The van der Waals surface area contributed by atoms with E-state index in [1.165, 1.54) is 0 Å². The van der Waals surface area contributed by atoms with Gasteiger partial charge in [-0.05, 0) is 24.6 Å². The van der Waals surface area contributed by atoms with Gasteiger partial charge in [-0.2, -0.15) is 0 Å². The number of hydrogen-bond donors (Lipinski definition) is 0. The Bertz CT molecular complexity index is 497. The minimum Gasteiger partial charge on any atom is -0.484 e. The van der Waals surface area contributed by atoms with E-state index in [2.05, 4.69) is 4.98 Å². The largest absolute Gasteiger partial charge is 0.484 e. The Kier molecular flexibility index (Phi) is 3.50. The first-order valence-electron chi connectivity index (χ1n) is 5.43. The van der Waals surface area contributed by atoms with Gasteiger partial charge in [0.1, 0.15) is 17.5 Å². The van der Waals surface area contributed by atoms with Crippen LogP contribution in [0.1, 0.15) is 29.1 Å². The normalized spacial score (nSPS) is 11.8. The lowest BCUT2D eigenvalue weighted by molar-refractivity contribution is 0.111. The van der Waals surface area contributed by atoms with Gasteiger partial charge < -0.3 is 4.74 Å². The fourth-order valence-corrected chi connectivity index (χ4v) is 1.57. The molecule has 86 valence electrons. The van der Waals surface area contributed by atoms with Crippen molar-refractivity contribution in [2.75, 3.05) is 0 Å². The van der Waals surface area contributed by atoms with Crippen LogP contribution >= 0.6 is 0 Å². The molecule has 0 fully saturated rings. The van der Waals surface area contributed by atoms with Crippen LogP contribution in [0, 0.1) is 0 Å². The molecule has 0 bridgehead atoms. The molecule has 0 aliphatic carbocycles. The third kappa shape index (κ3) is 2.69. The molecule has 0 saturated heterocycles. The van der Waals surface area contributed by atoms with Gasteiger partial charge >= 0.3 is 0 Å². The second-order valence-corrected chi connectivity index (χ2v) is 3.68. The standard InChI is InChI=1S/C14H13NO2/c1-11(12-6-3-2-4-7-12)17-14-8-5-9-15-13(14)10-16/h2-11H,1H3/t11-/m0/s1. The first-order valence-corrected chi connectivity index (χ1v) is 5.43. The Hall–Kier alpha value is -2.16.